The molecule has 0 unspecified atom stereocenters. The van der Waals surface area contributed by atoms with Crippen LogP contribution in [0.5, 0.6) is 0 Å². The van der Waals surface area contributed by atoms with Crippen LogP contribution in [0.15, 0.2) is 24.3 Å². The molecule has 0 fully saturated rings. The van der Waals surface area contributed by atoms with Crippen LogP contribution in [0.3, 0.4) is 0 Å². The first-order valence-electron chi connectivity index (χ1n) is 4.23. The molecule has 1 aromatic carbocycles. The molecule has 0 N–H and O–H groups in total. The summed E-state index contributed by atoms with van der Waals surface area (Å²) < 4.78 is 0. The Bertz CT molecular complexity index is 314. The highest BCUT2D eigenvalue weighted by Gasteiger charge is 1.97. The zero-order valence-corrected chi connectivity index (χ0v) is 9.23. The van der Waals surface area contributed by atoms with Gasteiger partial charge in [0, 0.05) is 10.0 Å². The van der Waals surface area contributed by atoms with Crippen molar-refractivity contribution >= 4 is 29.3 Å². The molecule has 0 saturated carbocycles. The van der Waals surface area contributed by atoms with Crippen molar-refractivity contribution in [1.29, 1.82) is 0 Å². The van der Waals surface area contributed by atoms with E-state index in [1.807, 2.05) is 18.2 Å². The van der Waals surface area contributed by atoms with Crippen molar-refractivity contribution in [1.82, 2.24) is 0 Å². The highest BCUT2D eigenvalue weighted by molar-refractivity contribution is 6.35. The van der Waals surface area contributed by atoms with Gasteiger partial charge in [0.25, 0.3) is 0 Å². The van der Waals surface area contributed by atoms with E-state index >= 15 is 0 Å². The minimum Gasteiger partial charge on any atom is -0.0843 e. The van der Waals surface area contributed by atoms with Gasteiger partial charge in [0.05, 0.1) is 0 Å². The van der Waals surface area contributed by atoms with Crippen LogP contribution in [0.25, 0.3) is 6.08 Å². The van der Waals surface area contributed by atoms with Gasteiger partial charge in [-0.2, -0.15) is 0 Å². The lowest BCUT2D eigenvalue weighted by Gasteiger charge is -1.99. The van der Waals surface area contributed by atoms with Gasteiger partial charge in [-0.15, -0.1) is 0 Å². The Morgan fingerprint density at radius 1 is 1.23 bits per heavy atom. The number of benzene rings is 1. The molecule has 0 heterocycles. The minimum atomic E-state index is 0.534. The summed E-state index contributed by atoms with van der Waals surface area (Å²) in [5.74, 6) is 0.534. The number of allylic oxidation sites excluding steroid dienone is 1. The van der Waals surface area contributed by atoms with Crippen molar-refractivity contribution in [3.05, 3.63) is 39.9 Å². The number of rotatable bonds is 2. The zero-order valence-electron chi connectivity index (χ0n) is 7.72. The Morgan fingerprint density at radius 2 is 1.92 bits per heavy atom. The van der Waals surface area contributed by atoms with Crippen LogP contribution in [0, 0.1) is 5.92 Å². The van der Waals surface area contributed by atoms with Crippen LogP contribution < -0.4 is 0 Å². The van der Waals surface area contributed by atoms with Crippen LogP contribution >= 0.6 is 23.2 Å². The molecular formula is C11H12Cl2. The van der Waals surface area contributed by atoms with Gasteiger partial charge in [-0.25, -0.2) is 0 Å². The van der Waals surface area contributed by atoms with E-state index < -0.39 is 0 Å². The van der Waals surface area contributed by atoms with Gasteiger partial charge in [-0.1, -0.05) is 55.3 Å². The van der Waals surface area contributed by atoms with E-state index in [2.05, 4.69) is 19.9 Å². The molecule has 13 heavy (non-hydrogen) atoms. The minimum absolute atomic E-state index is 0.534. The SMILES string of the molecule is CC(C)/C=C/c1ccc(Cl)cc1Cl. The lowest BCUT2D eigenvalue weighted by Crippen LogP contribution is -1.79. The quantitative estimate of drug-likeness (QED) is 0.672. The number of halogens is 2. The van der Waals surface area contributed by atoms with Crippen molar-refractivity contribution < 1.29 is 0 Å². The average Bonchev–Trinajstić information content (AvgIpc) is 2.02. The highest BCUT2D eigenvalue weighted by Crippen LogP contribution is 2.22. The van der Waals surface area contributed by atoms with Crippen LogP contribution in [-0.4, -0.2) is 0 Å². The monoisotopic (exact) mass is 214 g/mol. The van der Waals surface area contributed by atoms with Crippen molar-refractivity contribution in [2.24, 2.45) is 5.92 Å². The number of hydrogen-bond donors (Lipinski definition) is 0. The van der Waals surface area contributed by atoms with Crippen LogP contribution in [0.1, 0.15) is 19.4 Å². The van der Waals surface area contributed by atoms with E-state index in [9.17, 15) is 0 Å². The lowest BCUT2D eigenvalue weighted by molar-refractivity contribution is 0.836. The molecule has 0 bridgehead atoms. The first kappa shape index (κ1) is 10.6. The van der Waals surface area contributed by atoms with Crippen molar-refractivity contribution in [2.75, 3.05) is 0 Å². The fraction of sp³-hybridized carbons (Fsp3) is 0.273. The summed E-state index contributed by atoms with van der Waals surface area (Å²) in [5.41, 5.74) is 1.01. The molecule has 0 aliphatic rings. The second-order valence-corrected chi connectivity index (χ2v) is 4.11. The molecule has 0 amide bonds. The van der Waals surface area contributed by atoms with Gasteiger partial charge >= 0.3 is 0 Å². The maximum Gasteiger partial charge on any atom is 0.0493 e. The first-order valence-corrected chi connectivity index (χ1v) is 4.98. The van der Waals surface area contributed by atoms with E-state index in [-0.39, 0.29) is 0 Å². The Kier molecular flexibility index (Phi) is 3.83. The van der Waals surface area contributed by atoms with Gasteiger partial charge < -0.3 is 0 Å². The van der Waals surface area contributed by atoms with Crippen molar-refractivity contribution in [3.63, 3.8) is 0 Å². The molecule has 0 spiro atoms. The molecule has 1 aromatic rings. The molecule has 0 aliphatic carbocycles. The summed E-state index contributed by atoms with van der Waals surface area (Å²) in [6, 6.07) is 5.51. The zero-order chi connectivity index (χ0) is 9.84. The van der Waals surface area contributed by atoms with E-state index in [1.165, 1.54) is 0 Å². The average molecular weight is 215 g/mol. The fourth-order valence-electron chi connectivity index (χ4n) is 0.933. The molecule has 70 valence electrons. The number of hydrogen-bond acceptors (Lipinski definition) is 0. The summed E-state index contributed by atoms with van der Waals surface area (Å²) in [5, 5.41) is 1.37. The van der Waals surface area contributed by atoms with Crippen molar-refractivity contribution in [2.45, 2.75) is 13.8 Å². The summed E-state index contributed by atoms with van der Waals surface area (Å²) in [4.78, 5) is 0. The maximum absolute atomic E-state index is 5.98. The summed E-state index contributed by atoms with van der Waals surface area (Å²) in [6.07, 6.45) is 4.12. The molecule has 0 atom stereocenters. The lowest BCUT2D eigenvalue weighted by atomic mass is 10.1. The second-order valence-electron chi connectivity index (χ2n) is 3.27. The summed E-state index contributed by atoms with van der Waals surface area (Å²) in [7, 11) is 0. The third-order valence-electron chi connectivity index (χ3n) is 1.62. The largest absolute Gasteiger partial charge is 0.0843 e. The van der Waals surface area contributed by atoms with Crippen LogP contribution in [0.2, 0.25) is 10.0 Å². The highest BCUT2D eigenvalue weighted by atomic mass is 35.5. The smallest absolute Gasteiger partial charge is 0.0493 e. The van der Waals surface area contributed by atoms with Gasteiger partial charge in [0.15, 0.2) is 0 Å². The van der Waals surface area contributed by atoms with Gasteiger partial charge in [-0.05, 0) is 23.6 Å². The molecule has 2 heteroatoms. The van der Waals surface area contributed by atoms with Gasteiger partial charge in [-0.3, -0.25) is 0 Å². The van der Waals surface area contributed by atoms with Crippen LogP contribution in [0.4, 0.5) is 0 Å². The maximum atomic E-state index is 5.98. The van der Waals surface area contributed by atoms with E-state index in [0.717, 1.165) is 5.56 Å². The fourth-order valence-corrected chi connectivity index (χ4v) is 1.40. The molecule has 0 nitrogen and oxygen atoms in total. The first-order chi connectivity index (χ1) is 6.09. The Morgan fingerprint density at radius 3 is 2.46 bits per heavy atom. The Labute approximate surface area is 89.2 Å². The summed E-state index contributed by atoms with van der Waals surface area (Å²) in [6.45, 7) is 4.25. The predicted octanol–water partition coefficient (Wildman–Crippen LogP) is 4.66. The van der Waals surface area contributed by atoms with Gasteiger partial charge in [0.2, 0.25) is 0 Å². The predicted molar refractivity (Wildman–Crippen MR) is 60.3 cm³/mol. The van der Waals surface area contributed by atoms with Crippen molar-refractivity contribution in [3.8, 4) is 0 Å². The van der Waals surface area contributed by atoms with E-state index in [4.69, 9.17) is 23.2 Å². The second kappa shape index (κ2) is 4.69. The summed E-state index contributed by atoms with van der Waals surface area (Å²) >= 11 is 11.7. The molecule has 0 radical (unpaired) electrons. The molecule has 0 aromatic heterocycles. The standard InChI is InChI=1S/C11H12Cl2/c1-8(2)3-4-9-5-6-10(12)7-11(9)13/h3-8H,1-2H3/b4-3+. The molecule has 1 rings (SSSR count). The van der Waals surface area contributed by atoms with Crippen LogP contribution in [-0.2, 0) is 0 Å². The van der Waals surface area contributed by atoms with E-state index in [0.29, 0.717) is 16.0 Å². The third kappa shape index (κ3) is 3.41. The Balaban J connectivity index is 2.90. The molecular weight excluding hydrogens is 203 g/mol. The Hall–Kier alpha value is -0.460. The topological polar surface area (TPSA) is 0 Å². The normalized spacial score (nSPS) is 11.5. The van der Waals surface area contributed by atoms with E-state index in [1.54, 1.807) is 6.07 Å². The third-order valence-corrected chi connectivity index (χ3v) is 2.19. The molecule has 0 aliphatic heterocycles. The molecule has 0 saturated heterocycles. The van der Waals surface area contributed by atoms with Gasteiger partial charge in [0.1, 0.15) is 0 Å².